The average Bonchev–Trinajstić information content (AvgIpc) is 2.81. The lowest BCUT2D eigenvalue weighted by Crippen LogP contribution is -2.06. The number of carbonyl (C=O) groups is 1. The zero-order chi connectivity index (χ0) is 14.7. The zero-order valence-electron chi connectivity index (χ0n) is 10.4. The average molecular weight is 278 g/mol. The number of carboxylic acid groups (broad SMARTS) is 1. The van der Waals surface area contributed by atoms with Gasteiger partial charge in [-0.05, 0) is 12.1 Å². The standard InChI is InChI=1S/C11H10N4O5/c1-14-10(12-6-13-14)5-20-9-3-2-7(11(16)17)4-8(9)15(18)19/h2-4,6H,5H2,1H3,(H,16,17). The molecule has 0 aliphatic heterocycles. The number of hydrogen-bond acceptors (Lipinski definition) is 6. The molecule has 0 saturated heterocycles. The van der Waals surface area contributed by atoms with Crippen molar-refractivity contribution >= 4 is 11.7 Å². The first-order valence-corrected chi connectivity index (χ1v) is 5.46. The smallest absolute Gasteiger partial charge is 0.335 e. The third-order valence-corrected chi connectivity index (χ3v) is 2.56. The molecule has 0 amide bonds. The summed E-state index contributed by atoms with van der Waals surface area (Å²) in [5.41, 5.74) is -0.588. The molecule has 0 radical (unpaired) electrons. The van der Waals surface area contributed by atoms with Crippen LogP contribution in [-0.4, -0.2) is 30.8 Å². The summed E-state index contributed by atoms with van der Waals surface area (Å²) >= 11 is 0. The highest BCUT2D eigenvalue weighted by Crippen LogP contribution is 2.28. The van der Waals surface area contributed by atoms with Crippen LogP contribution in [0.2, 0.25) is 0 Å². The van der Waals surface area contributed by atoms with E-state index >= 15 is 0 Å². The Morgan fingerprint density at radius 3 is 2.85 bits per heavy atom. The third kappa shape index (κ3) is 2.71. The quantitative estimate of drug-likeness (QED) is 0.639. The number of benzene rings is 1. The van der Waals surface area contributed by atoms with Gasteiger partial charge in [-0.25, -0.2) is 9.78 Å². The molecule has 0 unspecified atom stereocenters. The predicted octanol–water partition coefficient (Wildman–Crippen LogP) is 1.00. The molecule has 0 aliphatic rings. The lowest BCUT2D eigenvalue weighted by atomic mass is 10.2. The van der Waals surface area contributed by atoms with Crippen LogP contribution >= 0.6 is 0 Å². The van der Waals surface area contributed by atoms with Gasteiger partial charge in [0.15, 0.2) is 11.6 Å². The van der Waals surface area contributed by atoms with Gasteiger partial charge in [-0.15, -0.1) is 0 Å². The minimum absolute atomic E-state index is 0.0102. The van der Waals surface area contributed by atoms with Gasteiger partial charge < -0.3 is 9.84 Å². The van der Waals surface area contributed by atoms with E-state index in [2.05, 4.69) is 10.1 Å². The van der Waals surface area contributed by atoms with Crippen LogP contribution < -0.4 is 4.74 Å². The summed E-state index contributed by atoms with van der Waals surface area (Å²) in [7, 11) is 1.66. The number of nitro groups is 1. The molecule has 104 valence electrons. The van der Waals surface area contributed by atoms with E-state index in [0.717, 1.165) is 6.07 Å². The second-order valence-corrected chi connectivity index (χ2v) is 3.83. The van der Waals surface area contributed by atoms with E-state index in [1.807, 2.05) is 0 Å². The van der Waals surface area contributed by atoms with Crippen molar-refractivity contribution in [1.82, 2.24) is 14.8 Å². The summed E-state index contributed by atoms with van der Waals surface area (Å²) in [6.45, 7) is -0.0102. The molecule has 0 aliphatic carbocycles. The maximum absolute atomic E-state index is 10.9. The van der Waals surface area contributed by atoms with E-state index in [0.29, 0.717) is 5.82 Å². The van der Waals surface area contributed by atoms with Crippen LogP contribution in [0.5, 0.6) is 5.75 Å². The van der Waals surface area contributed by atoms with Gasteiger partial charge in [0.25, 0.3) is 0 Å². The van der Waals surface area contributed by atoms with Crippen molar-refractivity contribution in [2.75, 3.05) is 0 Å². The van der Waals surface area contributed by atoms with Crippen LogP contribution in [0.1, 0.15) is 16.2 Å². The van der Waals surface area contributed by atoms with Crippen molar-refractivity contribution in [3.8, 4) is 5.75 Å². The van der Waals surface area contributed by atoms with E-state index in [1.54, 1.807) is 7.05 Å². The van der Waals surface area contributed by atoms with Gasteiger partial charge in [-0.3, -0.25) is 14.8 Å². The Balaban J connectivity index is 2.25. The molecule has 1 heterocycles. The van der Waals surface area contributed by atoms with Gasteiger partial charge in [-0.1, -0.05) is 0 Å². The van der Waals surface area contributed by atoms with Gasteiger partial charge in [-0.2, -0.15) is 5.10 Å². The van der Waals surface area contributed by atoms with E-state index in [9.17, 15) is 14.9 Å². The molecule has 1 aromatic heterocycles. The minimum Gasteiger partial charge on any atom is -0.479 e. The summed E-state index contributed by atoms with van der Waals surface area (Å²) in [6, 6.07) is 3.44. The summed E-state index contributed by atoms with van der Waals surface area (Å²) in [5.74, 6) is -0.780. The Hall–Kier alpha value is -2.97. The molecule has 2 rings (SSSR count). The number of rotatable bonds is 5. The Morgan fingerprint density at radius 2 is 2.30 bits per heavy atom. The maximum Gasteiger partial charge on any atom is 0.335 e. The van der Waals surface area contributed by atoms with Crippen molar-refractivity contribution in [3.63, 3.8) is 0 Å². The summed E-state index contributed by atoms with van der Waals surface area (Å²) in [6.07, 6.45) is 1.33. The first kappa shape index (κ1) is 13.5. The monoisotopic (exact) mass is 278 g/mol. The number of nitrogens with zero attached hydrogens (tertiary/aromatic N) is 4. The van der Waals surface area contributed by atoms with Crippen LogP contribution in [0.15, 0.2) is 24.5 Å². The molecule has 20 heavy (non-hydrogen) atoms. The van der Waals surface area contributed by atoms with Gasteiger partial charge in [0.2, 0.25) is 0 Å². The van der Waals surface area contributed by atoms with Crippen molar-refractivity contribution in [3.05, 3.63) is 46.0 Å². The summed E-state index contributed by atoms with van der Waals surface area (Å²) < 4.78 is 6.77. The molecule has 1 N–H and O–H groups in total. The minimum atomic E-state index is -1.24. The molecular formula is C11H10N4O5. The fourth-order valence-corrected chi connectivity index (χ4v) is 1.51. The largest absolute Gasteiger partial charge is 0.479 e. The number of nitro benzene ring substituents is 1. The number of aryl methyl sites for hydroxylation is 1. The van der Waals surface area contributed by atoms with Gasteiger partial charge in [0.1, 0.15) is 12.9 Å². The Morgan fingerprint density at radius 1 is 1.55 bits per heavy atom. The van der Waals surface area contributed by atoms with Crippen molar-refractivity contribution < 1.29 is 19.6 Å². The highest BCUT2D eigenvalue weighted by Gasteiger charge is 2.19. The van der Waals surface area contributed by atoms with Crippen molar-refractivity contribution in [2.45, 2.75) is 6.61 Å². The van der Waals surface area contributed by atoms with Gasteiger partial charge >= 0.3 is 11.7 Å². The summed E-state index contributed by atoms with van der Waals surface area (Å²) in [5, 5.41) is 23.6. The zero-order valence-corrected chi connectivity index (χ0v) is 10.4. The molecule has 9 nitrogen and oxygen atoms in total. The summed E-state index contributed by atoms with van der Waals surface area (Å²) in [4.78, 5) is 24.9. The topological polar surface area (TPSA) is 120 Å². The first-order chi connectivity index (χ1) is 9.49. The predicted molar refractivity (Wildman–Crippen MR) is 65.4 cm³/mol. The second-order valence-electron chi connectivity index (χ2n) is 3.83. The van der Waals surface area contributed by atoms with Crippen LogP contribution in [-0.2, 0) is 13.7 Å². The first-order valence-electron chi connectivity index (χ1n) is 5.46. The lowest BCUT2D eigenvalue weighted by molar-refractivity contribution is -0.386. The Labute approximate surface area is 112 Å². The fraction of sp³-hybridized carbons (Fsp3) is 0.182. The number of aromatic carboxylic acids is 1. The van der Waals surface area contributed by atoms with Gasteiger partial charge in [0.05, 0.1) is 10.5 Å². The van der Waals surface area contributed by atoms with Crippen molar-refractivity contribution in [2.24, 2.45) is 7.05 Å². The normalized spacial score (nSPS) is 10.2. The van der Waals surface area contributed by atoms with Crippen LogP contribution in [0.4, 0.5) is 5.69 Å². The number of hydrogen-bond donors (Lipinski definition) is 1. The molecular weight excluding hydrogens is 268 g/mol. The molecule has 1 aromatic carbocycles. The number of aromatic nitrogens is 3. The molecule has 2 aromatic rings. The Kier molecular flexibility index (Phi) is 3.60. The van der Waals surface area contributed by atoms with E-state index in [1.165, 1.54) is 23.1 Å². The van der Waals surface area contributed by atoms with Crippen molar-refractivity contribution in [1.29, 1.82) is 0 Å². The molecule has 0 bridgehead atoms. The maximum atomic E-state index is 10.9. The fourth-order valence-electron chi connectivity index (χ4n) is 1.51. The number of ether oxygens (including phenoxy) is 1. The number of carboxylic acids is 1. The molecule has 0 saturated carbocycles. The van der Waals surface area contributed by atoms with Gasteiger partial charge in [0, 0.05) is 13.1 Å². The molecule has 0 spiro atoms. The lowest BCUT2D eigenvalue weighted by Gasteiger charge is -2.06. The highest BCUT2D eigenvalue weighted by molar-refractivity contribution is 5.88. The van der Waals surface area contributed by atoms with Crippen LogP contribution in [0.25, 0.3) is 0 Å². The van der Waals surface area contributed by atoms with E-state index in [-0.39, 0.29) is 17.9 Å². The van der Waals surface area contributed by atoms with E-state index < -0.39 is 16.6 Å². The van der Waals surface area contributed by atoms with Crippen LogP contribution in [0.3, 0.4) is 0 Å². The Bertz CT molecular complexity index is 667. The molecule has 9 heteroatoms. The SMILES string of the molecule is Cn1ncnc1COc1ccc(C(=O)O)cc1[N+](=O)[O-]. The second kappa shape index (κ2) is 5.34. The third-order valence-electron chi connectivity index (χ3n) is 2.56. The van der Waals surface area contributed by atoms with E-state index in [4.69, 9.17) is 9.84 Å². The molecule has 0 atom stereocenters. The highest BCUT2D eigenvalue weighted by atomic mass is 16.6. The molecule has 0 fully saturated rings. The van der Waals surface area contributed by atoms with Crippen LogP contribution in [0, 0.1) is 10.1 Å².